The van der Waals surface area contributed by atoms with E-state index in [9.17, 15) is 9.18 Å². The van der Waals surface area contributed by atoms with Gasteiger partial charge in [0.05, 0.1) is 29.6 Å². The van der Waals surface area contributed by atoms with E-state index >= 15 is 0 Å². The van der Waals surface area contributed by atoms with E-state index in [4.69, 9.17) is 33.0 Å². The Morgan fingerprint density at radius 3 is 2.57 bits per heavy atom. The average Bonchev–Trinajstić information content (AvgIpc) is 3.25. The zero-order valence-corrected chi connectivity index (χ0v) is 20.8. The van der Waals surface area contributed by atoms with Crippen molar-refractivity contribution in [3.05, 3.63) is 69.3 Å². The number of aromatic nitrogens is 2. The van der Waals surface area contributed by atoms with Crippen LogP contribution in [0.2, 0.25) is 10.0 Å². The summed E-state index contributed by atoms with van der Waals surface area (Å²) in [5, 5.41) is 7.47. The molecule has 0 spiro atoms. The summed E-state index contributed by atoms with van der Waals surface area (Å²) in [5.74, 6) is 5.47. The summed E-state index contributed by atoms with van der Waals surface area (Å²) < 4.78 is 19.4. The Bertz CT molecular complexity index is 1260. The average molecular weight is 515 g/mol. The second kappa shape index (κ2) is 11.7. The molecule has 0 atom stereocenters. The highest BCUT2D eigenvalue weighted by molar-refractivity contribution is 6.35. The molecule has 1 N–H and O–H groups in total. The number of rotatable bonds is 6. The van der Waals surface area contributed by atoms with E-state index in [0.29, 0.717) is 54.2 Å². The van der Waals surface area contributed by atoms with Gasteiger partial charge in [-0.3, -0.25) is 14.6 Å². The van der Waals surface area contributed by atoms with Gasteiger partial charge in [0.15, 0.2) is 5.69 Å². The molecule has 35 heavy (non-hydrogen) atoms. The number of alkyl halides is 1. The third-order valence-electron chi connectivity index (χ3n) is 5.57. The van der Waals surface area contributed by atoms with Crippen molar-refractivity contribution in [2.24, 2.45) is 0 Å². The third kappa shape index (κ3) is 5.85. The first-order valence-electron chi connectivity index (χ1n) is 11.4. The Labute approximate surface area is 213 Å². The number of nitrogens with one attached hydrogen (secondary N) is 1. The van der Waals surface area contributed by atoms with Crippen LogP contribution in [0.5, 0.6) is 0 Å². The van der Waals surface area contributed by atoms with Crippen molar-refractivity contribution in [1.82, 2.24) is 20.2 Å². The van der Waals surface area contributed by atoms with Crippen molar-refractivity contribution in [3.63, 3.8) is 0 Å². The van der Waals surface area contributed by atoms with Gasteiger partial charge in [-0.05, 0) is 36.8 Å². The predicted molar refractivity (Wildman–Crippen MR) is 136 cm³/mol. The van der Waals surface area contributed by atoms with Crippen molar-refractivity contribution in [3.8, 4) is 28.8 Å². The van der Waals surface area contributed by atoms with E-state index in [1.807, 2.05) is 36.2 Å². The second-order valence-corrected chi connectivity index (χ2v) is 8.74. The van der Waals surface area contributed by atoms with Crippen molar-refractivity contribution in [2.75, 3.05) is 33.0 Å². The van der Waals surface area contributed by atoms with Gasteiger partial charge in [0.2, 0.25) is 0 Å². The summed E-state index contributed by atoms with van der Waals surface area (Å²) in [6.07, 6.45) is 0.773. The smallest absolute Gasteiger partial charge is 0.286 e. The lowest BCUT2D eigenvalue weighted by atomic mass is 10.0. The molecule has 1 saturated heterocycles. The second-order valence-electron chi connectivity index (χ2n) is 7.90. The fourth-order valence-corrected chi connectivity index (χ4v) is 4.38. The molecule has 0 saturated carbocycles. The number of carbonyl (C=O) groups is 1. The molecule has 0 unspecified atom stereocenters. The van der Waals surface area contributed by atoms with Crippen LogP contribution >= 0.6 is 23.2 Å². The number of hydrazine groups is 1. The maximum absolute atomic E-state index is 13.3. The fraction of sp³-hybridized carbons (Fsp3) is 0.308. The number of ether oxygens (including phenoxy) is 1. The Morgan fingerprint density at radius 1 is 1.17 bits per heavy atom. The van der Waals surface area contributed by atoms with Crippen molar-refractivity contribution < 1.29 is 13.9 Å². The molecule has 1 fully saturated rings. The fourth-order valence-electron chi connectivity index (χ4n) is 3.89. The summed E-state index contributed by atoms with van der Waals surface area (Å²) in [6, 6.07) is 12.7. The van der Waals surface area contributed by atoms with Gasteiger partial charge in [-0.25, -0.2) is 9.69 Å². The zero-order valence-electron chi connectivity index (χ0n) is 19.3. The minimum atomic E-state index is -0.471. The van der Waals surface area contributed by atoms with Gasteiger partial charge in [0, 0.05) is 41.2 Å². The molecule has 1 aliphatic rings. The lowest BCUT2D eigenvalue weighted by Crippen LogP contribution is -2.48. The molecule has 1 amide bonds. The van der Waals surface area contributed by atoms with Gasteiger partial charge in [0.25, 0.3) is 5.91 Å². The molecular formula is C26H25Cl2FN4O2. The van der Waals surface area contributed by atoms with Crippen LogP contribution in [-0.4, -0.2) is 53.7 Å². The largest absolute Gasteiger partial charge is 0.379 e. The van der Waals surface area contributed by atoms with E-state index in [-0.39, 0.29) is 12.3 Å². The minimum absolute atomic E-state index is 0.200. The highest BCUT2D eigenvalue weighted by Crippen LogP contribution is 2.33. The Kier molecular flexibility index (Phi) is 8.42. The van der Waals surface area contributed by atoms with Gasteiger partial charge >= 0.3 is 0 Å². The lowest BCUT2D eigenvalue weighted by Gasteiger charge is -2.26. The third-order valence-corrected chi connectivity index (χ3v) is 6.11. The number of morpholine rings is 1. The van der Waals surface area contributed by atoms with Crippen LogP contribution in [0.4, 0.5) is 4.39 Å². The zero-order chi connectivity index (χ0) is 24.8. The van der Waals surface area contributed by atoms with Crippen LogP contribution in [0, 0.1) is 11.8 Å². The van der Waals surface area contributed by atoms with Crippen LogP contribution in [0.3, 0.4) is 0 Å². The molecule has 182 valence electrons. The van der Waals surface area contributed by atoms with E-state index in [1.54, 1.807) is 22.9 Å². The summed E-state index contributed by atoms with van der Waals surface area (Å²) >= 11 is 12.7. The molecule has 1 aliphatic heterocycles. The van der Waals surface area contributed by atoms with E-state index in [0.717, 1.165) is 22.4 Å². The maximum atomic E-state index is 13.3. The summed E-state index contributed by atoms with van der Waals surface area (Å²) in [5.41, 5.74) is 7.06. The van der Waals surface area contributed by atoms with E-state index < -0.39 is 6.67 Å². The number of hydrogen-bond acceptors (Lipinski definition) is 4. The molecule has 4 rings (SSSR count). The molecule has 2 aromatic carbocycles. The quantitative estimate of drug-likeness (QED) is 0.465. The number of hydrogen-bond donors (Lipinski definition) is 1. The molecule has 6 nitrogen and oxygen atoms in total. The Hall–Kier alpha value is -2.89. The molecule has 0 radical (unpaired) electrons. The topological polar surface area (TPSA) is 59.4 Å². The van der Waals surface area contributed by atoms with Gasteiger partial charge in [0.1, 0.15) is 6.67 Å². The van der Waals surface area contributed by atoms with Crippen molar-refractivity contribution in [2.45, 2.75) is 19.8 Å². The number of nitrogens with zero attached hydrogens (tertiary/aromatic N) is 3. The van der Waals surface area contributed by atoms with Gasteiger partial charge in [-0.1, -0.05) is 54.1 Å². The highest BCUT2D eigenvalue weighted by atomic mass is 35.5. The first-order valence-corrected chi connectivity index (χ1v) is 12.1. The predicted octanol–water partition coefficient (Wildman–Crippen LogP) is 5.10. The standard InChI is InChI=1S/C26H25Cl2FN4O2/c1-2-21-24(26(34)31-32-13-15-35-16-14-32)30-33(23-11-10-20(27)17-22(23)28)25(21)19-8-6-18(7-9-19)5-3-4-12-29/h6-11,17H,2,4,12-16H2,1H3,(H,31,34). The van der Waals surface area contributed by atoms with Crippen molar-refractivity contribution in [1.29, 1.82) is 0 Å². The summed E-state index contributed by atoms with van der Waals surface area (Å²) in [6.45, 7) is 3.84. The molecule has 3 aromatic rings. The molecule has 0 bridgehead atoms. The summed E-state index contributed by atoms with van der Waals surface area (Å²) in [7, 11) is 0. The Balaban J connectivity index is 1.80. The van der Waals surface area contributed by atoms with Crippen molar-refractivity contribution >= 4 is 29.1 Å². The van der Waals surface area contributed by atoms with E-state index in [1.165, 1.54) is 0 Å². The molecule has 0 aliphatic carbocycles. The lowest BCUT2D eigenvalue weighted by molar-refractivity contribution is 0.0124. The summed E-state index contributed by atoms with van der Waals surface area (Å²) in [4.78, 5) is 13.3. The van der Waals surface area contributed by atoms with E-state index in [2.05, 4.69) is 17.3 Å². The van der Waals surface area contributed by atoms with Crippen LogP contribution in [0.25, 0.3) is 16.9 Å². The van der Waals surface area contributed by atoms with Crippen LogP contribution < -0.4 is 5.43 Å². The minimum Gasteiger partial charge on any atom is -0.379 e. The monoisotopic (exact) mass is 514 g/mol. The highest BCUT2D eigenvalue weighted by Gasteiger charge is 2.26. The van der Waals surface area contributed by atoms with Crippen LogP contribution in [-0.2, 0) is 11.2 Å². The first kappa shape index (κ1) is 25.2. The van der Waals surface area contributed by atoms with Gasteiger partial charge < -0.3 is 4.74 Å². The first-order chi connectivity index (χ1) is 17.0. The Morgan fingerprint density at radius 2 is 1.91 bits per heavy atom. The van der Waals surface area contributed by atoms with Gasteiger partial charge in [-0.15, -0.1) is 0 Å². The van der Waals surface area contributed by atoms with Crippen LogP contribution in [0.1, 0.15) is 35.0 Å². The molecular weight excluding hydrogens is 490 g/mol. The molecule has 9 heteroatoms. The van der Waals surface area contributed by atoms with Gasteiger partial charge in [-0.2, -0.15) is 5.10 Å². The molecule has 1 aromatic heterocycles. The molecule has 2 heterocycles. The maximum Gasteiger partial charge on any atom is 0.286 e. The number of carbonyl (C=O) groups excluding carboxylic acids is 1. The number of amides is 1. The SMILES string of the molecule is CCc1c(C(=O)NN2CCOCC2)nn(-c2ccc(Cl)cc2Cl)c1-c1ccc(C#CCCF)cc1. The van der Waals surface area contributed by atoms with Crippen LogP contribution in [0.15, 0.2) is 42.5 Å². The number of halogens is 3. The number of benzene rings is 2. The normalized spacial score (nSPS) is 13.8.